The second-order valence-electron chi connectivity index (χ2n) is 8.37. The van der Waals surface area contributed by atoms with Gasteiger partial charge in [0.2, 0.25) is 0 Å². The summed E-state index contributed by atoms with van der Waals surface area (Å²) in [4.78, 5) is 0. The Hall–Kier alpha value is -2.86. The lowest BCUT2D eigenvalue weighted by Gasteiger charge is -2.21. The molecular formula is C29H30. The molecule has 0 heterocycles. The van der Waals surface area contributed by atoms with E-state index in [9.17, 15) is 0 Å². The van der Waals surface area contributed by atoms with Gasteiger partial charge >= 0.3 is 0 Å². The van der Waals surface area contributed by atoms with Crippen molar-refractivity contribution in [2.45, 2.75) is 34.1 Å². The molecule has 0 bridgehead atoms. The van der Waals surface area contributed by atoms with E-state index in [2.05, 4.69) is 113 Å². The van der Waals surface area contributed by atoms with Crippen LogP contribution in [-0.4, -0.2) is 0 Å². The molecular weight excluding hydrogens is 348 g/mol. The van der Waals surface area contributed by atoms with Crippen LogP contribution >= 0.6 is 0 Å². The van der Waals surface area contributed by atoms with Crippen molar-refractivity contribution in [3.05, 3.63) is 102 Å². The molecule has 0 N–H and O–H groups in total. The van der Waals surface area contributed by atoms with Gasteiger partial charge < -0.3 is 0 Å². The van der Waals surface area contributed by atoms with Crippen LogP contribution in [0.15, 0.2) is 85.0 Å². The molecule has 0 heteroatoms. The van der Waals surface area contributed by atoms with Gasteiger partial charge in [0.05, 0.1) is 0 Å². The van der Waals surface area contributed by atoms with Crippen LogP contribution in [-0.2, 0) is 6.42 Å². The van der Waals surface area contributed by atoms with Crippen LogP contribution in [0.4, 0.5) is 0 Å². The summed E-state index contributed by atoms with van der Waals surface area (Å²) in [6, 6.07) is 24.6. The zero-order chi connectivity index (χ0) is 20.4. The molecule has 2 unspecified atom stereocenters. The van der Waals surface area contributed by atoms with Crippen molar-refractivity contribution < 1.29 is 0 Å². The SMILES string of the molecule is CCc1cc(-c2ccc(-c3ccc(C)cc3)cc2)ccc1C1=CC(C)C(C)C=C1. The van der Waals surface area contributed by atoms with Gasteiger partial charge in [0.25, 0.3) is 0 Å². The zero-order valence-electron chi connectivity index (χ0n) is 17.9. The Morgan fingerprint density at radius 1 is 0.690 bits per heavy atom. The summed E-state index contributed by atoms with van der Waals surface area (Å²) in [6.07, 6.45) is 8.11. The number of rotatable bonds is 4. The fourth-order valence-corrected chi connectivity index (χ4v) is 4.05. The minimum atomic E-state index is 0.591. The molecule has 1 aliphatic rings. The minimum Gasteiger partial charge on any atom is -0.0805 e. The van der Waals surface area contributed by atoms with Gasteiger partial charge in [-0.15, -0.1) is 0 Å². The quantitative estimate of drug-likeness (QED) is 0.430. The van der Waals surface area contributed by atoms with E-state index in [1.807, 2.05) is 0 Å². The molecule has 0 spiro atoms. The number of aryl methyl sites for hydroxylation is 2. The fraction of sp³-hybridized carbons (Fsp3) is 0.241. The maximum atomic E-state index is 2.43. The third-order valence-electron chi connectivity index (χ3n) is 6.25. The Kier molecular flexibility index (Phi) is 5.53. The van der Waals surface area contributed by atoms with E-state index in [0.29, 0.717) is 11.8 Å². The molecule has 0 radical (unpaired) electrons. The molecule has 4 rings (SSSR count). The van der Waals surface area contributed by atoms with Gasteiger partial charge in [-0.2, -0.15) is 0 Å². The molecule has 1 aliphatic carbocycles. The first-order valence-electron chi connectivity index (χ1n) is 10.8. The average molecular weight is 379 g/mol. The predicted molar refractivity (Wildman–Crippen MR) is 127 cm³/mol. The van der Waals surface area contributed by atoms with E-state index in [-0.39, 0.29) is 0 Å². The van der Waals surface area contributed by atoms with Crippen LogP contribution in [0.3, 0.4) is 0 Å². The van der Waals surface area contributed by atoms with Crippen LogP contribution in [0, 0.1) is 18.8 Å². The fourth-order valence-electron chi connectivity index (χ4n) is 4.05. The Bertz CT molecular complexity index is 1050. The van der Waals surface area contributed by atoms with Gasteiger partial charge in [0, 0.05) is 0 Å². The number of hydrogen-bond acceptors (Lipinski definition) is 0. The number of hydrogen-bond donors (Lipinski definition) is 0. The maximum absolute atomic E-state index is 2.43. The highest BCUT2D eigenvalue weighted by atomic mass is 14.2. The van der Waals surface area contributed by atoms with Gasteiger partial charge in [-0.05, 0) is 64.1 Å². The summed E-state index contributed by atoms with van der Waals surface area (Å²) in [5, 5.41) is 0. The van der Waals surface area contributed by atoms with E-state index in [1.165, 1.54) is 44.5 Å². The van der Waals surface area contributed by atoms with Crippen LogP contribution in [0.25, 0.3) is 27.8 Å². The molecule has 29 heavy (non-hydrogen) atoms. The van der Waals surface area contributed by atoms with Crippen LogP contribution in [0.5, 0.6) is 0 Å². The molecule has 0 aliphatic heterocycles. The summed E-state index contributed by atoms with van der Waals surface area (Å²) < 4.78 is 0. The minimum absolute atomic E-state index is 0.591. The second-order valence-corrected chi connectivity index (χ2v) is 8.37. The Balaban J connectivity index is 1.63. The van der Waals surface area contributed by atoms with Gasteiger partial charge in [-0.3, -0.25) is 0 Å². The van der Waals surface area contributed by atoms with Crippen LogP contribution in [0.2, 0.25) is 0 Å². The highest BCUT2D eigenvalue weighted by Crippen LogP contribution is 2.33. The van der Waals surface area contributed by atoms with Crippen molar-refractivity contribution in [1.29, 1.82) is 0 Å². The first-order valence-corrected chi connectivity index (χ1v) is 10.8. The smallest absolute Gasteiger partial charge is 0.0155 e. The molecule has 2 atom stereocenters. The molecule has 0 fully saturated rings. The third-order valence-corrected chi connectivity index (χ3v) is 6.25. The van der Waals surface area contributed by atoms with Crippen molar-refractivity contribution in [1.82, 2.24) is 0 Å². The first kappa shape index (κ1) is 19.5. The van der Waals surface area contributed by atoms with Gasteiger partial charge in [0.1, 0.15) is 0 Å². The maximum Gasteiger partial charge on any atom is -0.0155 e. The zero-order valence-corrected chi connectivity index (χ0v) is 17.9. The molecule has 0 aromatic heterocycles. The van der Waals surface area contributed by atoms with Crippen molar-refractivity contribution in [3.8, 4) is 22.3 Å². The molecule has 0 amide bonds. The summed E-state index contributed by atoms with van der Waals surface area (Å²) in [5.41, 5.74) is 10.6. The monoisotopic (exact) mass is 378 g/mol. The van der Waals surface area contributed by atoms with Crippen molar-refractivity contribution in [2.24, 2.45) is 11.8 Å². The second kappa shape index (κ2) is 8.25. The Morgan fingerprint density at radius 3 is 1.83 bits per heavy atom. The van der Waals surface area contributed by atoms with E-state index in [0.717, 1.165) is 6.42 Å². The van der Waals surface area contributed by atoms with Crippen molar-refractivity contribution in [3.63, 3.8) is 0 Å². The largest absolute Gasteiger partial charge is 0.0805 e. The predicted octanol–water partition coefficient (Wildman–Crippen LogP) is 8.12. The highest BCUT2D eigenvalue weighted by Gasteiger charge is 2.15. The van der Waals surface area contributed by atoms with Gasteiger partial charge in [-0.1, -0.05) is 111 Å². The van der Waals surface area contributed by atoms with Gasteiger partial charge in [-0.25, -0.2) is 0 Å². The third kappa shape index (κ3) is 4.12. The lowest BCUT2D eigenvalue weighted by molar-refractivity contribution is 0.554. The van der Waals surface area contributed by atoms with E-state index in [4.69, 9.17) is 0 Å². The molecule has 0 nitrogen and oxygen atoms in total. The standard InChI is InChI=1S/C29H30/c1-5-23-19-27(16-17-29(23)28-11-8-21(3)22(4)18-28)26-14-12-25(13-15-26)24-9-6-20(2)7-10-24/h6-19,21-22H,5H2,1-4H3. The van der Waals surface area contributed by atoms with E-state index in [1.54, 1.807) is 0 Å². The first-order chi connectivity index (χ1) is 14.0. The highest BCUT2D eigenvalue weighted by molar-refractivity contribution is 5.80. The molecule has 0 saturated heterocycles. The lowest BCUT2D eigenvalue weighted by atomic mass is 9.84. The van der Waals surface area contributed by atoms with Crippen LogP contribution in [0.1, 0.15) is 37.5 Å². The molecule has 3 aromatic carbocycles. The van der Waals surface area contributed by atoms with Crippen molar-refractivity contribution in [2.75, 3.05) is 0 Å². The Labute approximate surface area is 175 Å². The lowest BCUT2D eigenvalue weighted by Crippen LogP contribution is -2.07. The summed E-state index contributed by atoms with van der Waals surface area (Å²) in [7, 11) is 0. The summed E-state index contributed by atoms with van der Waals surface area (Å²) in [6.45, 7) is 8.98. The molecule has 146 valence electrons. The van der Waals surface area contributed by atoms with E-state index >= 15 is 0 Å². The summed E-state index contributed by atoms with van der Waals surface area (Å²) >= 11 is 0. The normalized spacial score (nSPS) is 18.6. The molecule has 0 saturated carbocycles. The Morgan fingerprint density at radius 2 is 1.24 bits per heavy atom. The topological polar surface area (TPSA) is 0 Å². The van der Waals surface area contributed by atoms with Gasteiger partial charge in [0.15, 0.2) is 0 Å². The van der Waals surface area contributed by atoms with Crippen molar-refractivity contribution >= 4 is 5.57 Å². The molecule has 3 aromatic rings. The number of benzene rings is 3. The van der Waals surface area contributed by atoms with Crippen LogP contribution < -0.4 is 0 Å². The summed E-state index contributed by atoms with van der Waals surface area (Å²) in [5.74, 6) is 1.21. The van der Waals surface area contributed by atoms with E-state index < -0.39 is 0 Å². The number of allylic oxidation sites excluding steroid dienone is 4. The average Bonchev–Trinajstić information content (AvgIpc) is 2.76.